The molecule has 0 amide bonds. The molecule has 0 aliphatic rings. The molecule has 0 spiro atoms. The van der Waals surface area contributed by atoms with E-state index in [-0.39, 0.29) is 0 Å². The third-order valence-electron chi connectivity index (χ3n) is 0.446. The molecule has 0 unspecified atom stereocenters. The Kier molecular flexibility index (Phi) is 2.86. The molecule has 0 bridgehead atoms. The van der Waals surface area contributed by atoms with Crippen molar-refractivity contribution in [2.45, 2.75) is 0 Å². The Morgan fingerprint density at radius 2 is 1.43 bits per heavy atom. The van der Waals surface area contributed by atoms with Gasteiger partial charge in [0.05, 0.1) is 6.67 Å². The standard InChI is InChI=1S/C3H12N4/c1-6(4)3-7(2)5/h3-5H2,1-2H3. The van der Waals surface area contributed by atoms with E-state index in [9.17, 15) is 0 Å². The van der Waals surface area contributed by atoms with Crippen molar-refractivity contribution in [3.05, 3.63) is 0 Å². The number of nitrogens with zero attached hydrogens (tertiary/aromatic N) is 2. The van der Waals surface area contributed by atoms with E-state index in [0.717, 1.165) is 0 Å². The van der Waals surface area contributed by atoms with Gasteiger partial charge in [-0.05, 0) is 0 Å². The molecule has 0 aromatic rings. The van der Waals surface area contributed by atoms with Crippen LogP contribution in [0.25, 0.3) is 0 Å². The zero-order valence-electron chi connectivity index (χ0n) is 4.76. The van der Waals surface area contributed by atoms with E-state index in [1.807, 2.05) is 0 Å². The summed E-state index contributed by atoms with van der Waals surface area (Å²) in [4.78, 5) is 0. The lowest BCUT2D eigenvalue weighted by molar-refractivity contribution is 0.189. The van der Waals surface area contributed by atoms with E-state index in [1.54, 1.807) is 14.1 Å². The maximum absolute atomic E-state index is 5.20. The van der Waals surface area contributed by atoms with Crippen molar-refractivity contribution in [2.24, 2.45) is 11.7 Å². The van der Waals surface area contributed by atoms with Crippen LogP contribution in [0.1, 0.15) is 0 Å². The minimum absolute atomic E-state index is 0.583. The predicted octanol–water partition coefficient (Wildman–Crippen LogP) is -1.45. The van der Waals surface area contributed by atoms with Gasteiger partial charge >= 0.3 is 0 Å². The first-order chi connectivity index (χ1) is 3.13. The van der Waals surface area contributed by atoms with Gasteiger partial charge in [0.25, 0.3) is 0 Å². The summed E-state index contributed by atoms with van der Waals surface area (Å²) in [5, 5.41) is 3.00. The highest BCUT2D eigenvalue weighted by atomic mass is 15.5. The number of hydrogen-bond donors (Lipinski definition) is 2. The molecule has 0 aliphatic heterocycles. The fourth-order valence-corrected chi connectivity index (χ4v) is 0.352. The van der Waals surface area contributed by atoms with Crippen molar-refractivity contribution in [1.82, 2.24) is 10.0 Å². The fourth-order valence-electron chi connectivity index (χ4n) is 0.352. The van der Waals surface area contributed by atoms with Crippen LogP contribution in [0.4, 0.5) is 0 Å². The number of hydrazine groups is 2. The molecule has 0 fully saturated rings. The van der Waals surface area contributed by atoms with Crippen molar-refractivity contribution < 1.29 is 0 Å². The molecule has 0 aromatic carbocycles. The van der Waals surface area contributed by atoms with E-state index in [2.05, 4.69) is 0 Å². The smallest absolute Gasteiger partial charge is 0.0770 e. The van der Waals surface area contributed by atoms with Gasteiger partial charge in [-0.15, -0.1) is 0 Å². The molecule has 0 heterocycles. The van der Waals surface area contributed by atoms with Gasteiger partial charge in [0, 0.05) is 14.1 Å². The Hall–Kier alpha value is -0.160. The summed E-state index contributed by atoms with van der Waals surface area (Å²) >= 11 is 0. The molecule has 4 nitrogen and oxygen atoms in total. The van der Waals surface area contributed by atoms with Crippen LogP contribution in [0, 0.1) is 0 Å². The molecule has 0 aliphatic carbocycles. The zero-order valence-corrected chi connectivity index (χ0v) is 4.76. The SMILES string of the molecule is CN(N)CN(C)N. The van der Waals surface area contributed by atoms with Crippen LogP contribution in [-0.4, -0.2) is 30.8 Å². The Labute approximate surface area is 43.6 Å². The molecule has 7 heavy (non-hydrogen) atoms. The van der Waals surface area contributed by atoms with Crippen molar-refractivity contribution >= 4 is 0 Å². The highest BCUT2D eigenvalue weighted by Crippen LogP contribution is 1.67. The largest absolute Gasteiger partial charge is 0.268 e. The quantitative estimate of drug-likeness (QED) is 0.256. The topological polar surface area (TPSA) is 58.5 Å². The summed E-state index contributed by atoms with van der Waals surface area (Å²) in [5.74, 6) is 10.4. The van der Waals surface area contributed by atoms with Gasteiger partial charge in [-0.3, -0.25) is 11.7 Å². The minimum atomic E-state index is 0.583. The highest BCUT2D eigenvalue weighted by molar-refractivity contribution is 4.29. The molecule has 0 rings (SSSR count). The monoisotopic (exact) mass is 104 g/mol. The van der Waals surface area contributed by atoms with Gasteiger partial charge in [-0.2, -0.15) is 0 Å². The van der Waals surface area contributed by atoms with Crippen molar-refractivity contribution in [2.75, 3.05) is 20.8 Å². The van der Waals surface area contributed by atoms with Crippen LogP contribution >= 0.6 is 0 Å². The molecule has 0 saturated heterocycles. The number of hydrogen-bond acceptors (Lipinski definition) is 4. The van der Waals surface area contributed by atoms with Crippen LogP contribution in [0.2, 0.25) is 0 Å². The van der Waals surface area contributed by atoms with Crippen LogP contribution in [0.5, 0.6) is 0 Å². The third-order valence-corrected chi connectivity index (χ3v) is 0.446. The third kappa shape index (κ3) is 5.84. The zero-order chi connectivity index (χ0) is 5.86. The second-order valence-corrected chi connectivity index (χ2v) is 1.66. The molecular formula is C3H12N4. The van der Waals surface area contributed by atoms with Crippen molar-refractivity contribution in [1.29, 1.82) is 0 Å². The second-order valence-electron chi connectivity index (χ2n) is 1.66. The molecule has 0 aromatic heterocycles. The van der Waals surface area contributed by atoms with E-state index in [1.165, 1.54) is 10.0 Å². The van der Waals surface area contributed by atoms with E-state index < -0.39 is 0 Å². The van der Waals surface area contributed by atoms with Crippen LogP contribution in [0.15, 0.2) is 0 Å². The maximum Gasteiger partial charge on any atom is 0.0770 e. The molecular weight excluding hydrogens is 92.1 g/mol. The van der Waals surface area contributed by atoms with Crippen LogP contribution < -0.4 is 11.7 Å². The van der Waals surface area contributed by atoms with Crippen LogP contribution in [0.3, 0.4) is 0 Å². The van der Waals surface area contributed by atoms with Gasteiger partial charge in [0.2, 0.25) is 0 Å². The van der Waals surface area contributed by atoms with Crippen molar-refractivity contribution in [3.8, 4) is 0 Å². The fraction of sp³-hybridized carbons (Fsp3) is 1.00. The lowest BCUT2D eigenvalue weighted by Crippen LogP contribution is -2.40. The van der Waals surface area contributed by atoms with Gasteiger partial charge < -0.3 is 0 Å². The first-order valence-corrected chi connectivity index (χ1v) is 2.04. The van der Waals surface area contributed by atoms with Gasteiger partial charge in [-0.25, -0.2) is 10.0 Å². The molecule has 4 heteroatoms. The summed E-state index contributed by atoms with van der Waals surface area (Å²) in [6.45, 7) is 0.583. The normalized spacial score (nSPS) is 11.1. The number of nitrogens with two attached hydrogens (primary N) is 2. The number of rotatable bonds is 2. The van der Waals surface area contributed by atoms with Gasteiger partial charge in [0.15, 0.2) is 0 Å². The summed E-state index contributed by atoms with van der Waals surface area (Å²) in [7, 11) is 3.51. The maximum atomic E-state index is 5.20. The summed E-state index contributed by atoms with van der Waals surface area (Å²) in [5.41, 5.74) is 0. The Balaban J connectivity index is 2.95. The Morgan fingerprint density at radius 1 is 1.14 bits per heavy atom. The van der Waals surface area contributed by atoms with Gasteiger partial charge in [-0.1, -0.05) is 0 Å². The molecule has 0 atom stereocenters. The molecule has 4 N–H and O–H groups in total. The minimum Gasteiger partial charge on any atom is -0.268 e. The lowest BCUT2D eigenvalue weighted by Gasteiger charge is -2.14. The lowest BCUT2D eigenvalue weighted by atomic mass is 10.9. The Bertz CT molecular complexity index is 36.2. The summed E-state index contributed by atoms with van der Waals surface area (Å²) < 4.78 is 0. The van der Waals surface area contributed by atoms with Crippen LogP contribution in [-0.2, 0) is 0 Å². The Morgan fingerprint density at radius 3 is 1.43 bits per heavy atom. The predicted molar refractivity (Wildman–Crippen MR) is 28.8 cm³/mol. The average Bonchev–Trinajstić information content (AvgIpc) is 1.27. The highest BCUT2D eigenvalue weighted by Gasteiger charge is 1.88. The molecule has 0 saturated carbocycles. The summed E-state index contributed by atoms with van der Waals surface area (Å²) in [6.07, 6.45) is 0. The second kappa shape index (κ2) is 2.92. The van der Waals surface area contributed by atoms with E-state index >= 15 is 0 Å². The molecule has 44 valence electrons. The average molecular weight is 104 g/mol. The van der Waals surface area contributed by atoms with E-state index in [4.69, 9.17) is 11.7 Å². The van der Waals surface area contributed by atoms with E-state index in [0.29, 0.717) is 6.67 Å². The first-order valence-electron chi connectivity index (χ1n) is 2.04. The summed E-state index contributed by atoms with van der Waals surface area (Å²) in [6, 6.07) is 0. The van der Waals surface area contributed by atoms with Crippen molar-refractivity contribution in [3.63, 3.8) is 0 Å². The first kappa shape index (κ1) is 6.84. The molecule has 0 radical (unpaired) electrons. The van der Waals surface area contributed by atoms with Gasteiger partial charge in [0.1, 0.15) is 0 Å².